The summed E-state index contributed by atoms with van der Waals surface area (Å²) in [5.41, 5.74) is -1.44. The molecule has 15 heteroatoms. The fourth-order valence-electron chi connectivity index (χ4n) is 9.59. The Bertz CT molecular complexity index is 2430. The Kier molecular flexibility index (Phi) is 8.66. The maximum Gasteiger partial charge on any atom is 0.319 e. The number of piperazine rings is 1. The Morgan fingerprint density at radius 1 is 1.05 bits per heavy atom. The second kappa shape index (κ2) is 13.2. The largest absolute Gasteiger partial charge is 0.508 e. The van der Waals surface area contributed by atoms with Crippen LogP contribution in [0.15, 0.2) is 30.5 Å². The van der Waals surface area contributed by atoms with Crippen LogP contribution in [-0.4, -0.2) is 126 Å². The normalized spacial score (nSPS) is 24.0. The molecule has 9 rings (SSSR count). The van der Waals surface area contributed by atoms with Gasteiger partial charge in [0.25, 0.3) is 5.92 Å². The van der Waals surface area contributed by atoms with Crippen molar-refractivity contribution in [2.24, 2.45) is 17.9 Å². The summed E-state index contributed by atoms with van der Waals surface area (Å²) in [6.07, 6.45) is 8.94. The standard InChI is InChI=1S/C41H43F4N7O4/c1-6-27-30(42)10-7-23-11-26(53)12-28(31(23)27)32-34(43)36-33(29-15-50(4)48-35(29)32)37(47-38(46-36)56-22-40(18-49(2)3)16-41(40,44)45)52-24-8-9-25(52)14-51(13-24)17-39(19-54-5)20-55-21-39/h1,7,10-12,15,24-25,53H,8-9,13-14,16-22H2,2-5H3/t24-,25+,40-/m1/s1. The summed E-state index contributed by atoms with van der Waals surface area (Å²) in [4.78, 5) is 15.9. The number of hydrogen-bond donors (Lipinski definition) is 1. The van der Waals surface area contributed by atoms with E-state index in [0.29, 0.717) is 54.9 Å². The maximum atomic E-state index is 17.8. The highest BCUT2D eigenvalue weighted by molar-refractivity contribution is 6.18. The van der Waals surface area contributed by atoms with Crippen LogP contribution in [-0.2, 0) is 16.5 Å². The van der Waals surface area contributed by atoms with Gasteiger partial charge in [0, 0.05) is 81.4 Å². The first-order valence-electron chi connectivity index (χ1n) is 18.8. The summed E-state index contributed by atoms with van der Waals surface area (Å²) in [5.74, 6) is -1.80. The molecule has 2 bridgehead atoms. The van der Waals surface area contributed by atoms with Crippen molar-refractivity contribution in [3.63, 3.8) is 0 Å². The smallest absolute Gasteiger partial charge is 0.319 e. The molecule has 0 unspecified atom stereocenters. The summed E-state index contributed by atoms with van der Waals surface area (Å²) >= 11 is 0. The van der Waals surface area contributed by atoms with Gasteiger partial charge < -0.3 is 29.1 Å². The fraction of sp³-hybridized carbons (Fsp3) is 0.488. The van der Waals surface area contributed by atoms with Gasteiger partial charge in [-0.3, -0.25) is 9.58 Å². The number of methoxy groups -OCH3 is 1. The predicted octanol–water partition coefficient (Wildman–Crippen LogP) is 5.58. The molecule has 3 aliphatic heterocycles. The third kappa shape index (κ3) is 5.83. The van der Waals surface area contributed by atoms with Crippen molar-refractivity contribution < 1.29 is 36.9 Å². The highest BCUT2D eigenvalue weighted by Gasteiger charge is 2.71. The third-order valence-electron chi connectivity index (χ3n) is 12.0. The van der Waals surface area contributed by atoms with Crippen molar-refractivity contribution in [1.29, 1.82) is 0 Å². The van der Waals surface area contributed by atoms with Gasteiger partial charge in [0.15, 0.2) is 5.82 Å². The number of benzene rings is 3. The number of aromatic nitrogens is 4. The number of fused-ring (bicyclic) bond motifs is 6. The van der Waals surface area contributed by atoms with Gasteiger partial charge in [0.05, 0.1) is 41.6 Å². The number of aryl methyl sites for hydroxylation is 1. The van der Waals surface area contributed by atoms with Crippen LogP contribution in [0.2, 0.25) is 0 Å². The Hall–Kier alpha value is -4.75. The van der Waals surface area contributed by atoms with Crippen molar-refractivity contribution in [1.82, 2.24) is 29.5 Å². The van der Waals surface area contributed by atoms with Crippen LogP contribution in [0.5, 0.6) is 11.8 Å². The minimum Gasteiger partial charge on any atom is -0.508 e. The van der Waals surface area contributed by atoms with Crippen LogP contribution in [0.1, 0.15) is 24.8 Å². The van der Waals surface area contributed by atoms with Crippen LogP contribution < -0.4 is 9.64 Å². The number of anilines is 1. The van der Waals surface area contributed by atoms with Gasteiger partial charge in [-0.05, 0) is 56.1 Å². The molecule has 5 aromatic rings. The number of phenolic OH excluding ortho intramolecular Hbond substituents is 1. The van der Waals surface area contributed by atoms with Crippen molar-refractivity contribution in [2.45, 2.75) is 37.3 Å². The first-order valence-corrected chi connectivity index (χ1v) is 18.8. The molecule has 4 aliphatic rings. The van der Waals surface area contributed by atoms with E-state index in [4.69, 9.17) is 30.7 Å². The Labute approximate surface area is 321 Å². The molecule has 0 spiro atoms. The van der Waals surface area contributed by atoms with Crippen molar-refractivity contribution in [2.75, 3.05) is 78.7 Å². The molecule has 294 valence electrons. The quantitative estimate of drug-likeness (QED) is 0.135. The summed E-state index contributed by atoms with van der Waals surface area (Å²) < 4.78 is 81.6. The molecule has 3 atom stereocenters. The van der Waals surface area contributed by atoms with Gasteiger partial charge in [0.2, 0.25) is 0 Å². The van der Waals surface area contributed by atoms with E-state index in [1.165, 1.54) is 24.3 Å². The molecule has 3 aromatic carbocycles. The zero-order valence-electron chi connectivity index (χ0n) is 31.7. The number of ether oxygens (including phenoxy) is 3. The highest BCUT2D eigenvalue weighted by atomic mass is 19.3. The average molecular weight is 774 g/mol. The predicted molar refractivity (Wildman–Crippen MR) is 203 cm³/mol. The van der Waals surface area contributed by atoms with E-state index in [2.05, 4.69) is 20.7 Å². The first-order chi connectivity index (χ1) is 26.8. The van der Waals surface area contributed by atoms with Gasteiger partial charge in [-0.15, -0.1) is 6.42 Å². The average Bonchev–Trinajstić information content (AvgIpc) is 3.32. The number of nitrogens with zero attached hydrogens (tertiary/aromatic N) is 7. The minimum absolute atomic E-state index is 0.00114. The second-order valence-corrected chi connectivity index (χ2v) is 16.6. The number of halogens is 4. The van der Waals surface area contributed by atoms with Crippen molar-refractivity contribution >= 4 is 38.4 Å². The molecule has 0 amide bonds. The van der Waals surface area contributed by atoms with Crippen LogP contribution in [0.4, 0.5) is 23.4 Å². The maximum absolute atomic E-state index is 17.8. The molecule has 1 aliphatic carbocycles. The van der Waals surface area contributed by atoms with E-state index in [1.54, 1.807) is 44.0 Å². The monoisotopic (exact) mass is 773 g/mol. The molecular weight excluding hydrogens is 730 g/mol. The van der Waals surface area contributed by atoms with E-state index in [-0.39, 0.29) is 81.9 Å². The molecule has 4 fully saturated rings. The van der Waals surface area contributed by atoms with Gasteiger partial charge in [-0.1, -0.05) is 12.0 Å². The van der Waals surface area contributed by atoms with Gasteiger partial charge >= 0.3 is 6.01 Å². The highest BCUT2D eigenvalue weighted by Crippen LogP contribution is 2.61. The molecule has 2 aromatic heterocycles. The molecule has 5 heterocycles. The zero-order valence-corrected chi connectivity index (χ0v) is 31.7. The summed E-state index contributed by atoms with van der Waals surface area (Å²) in [6.45, 7) is 3.81. The molecule has 0 radical (unpaired) electrons. The lowest BCUT2D eigenvalue weighted by atomic mass is 9.86. The van der Waals surface area contributed by atoms with E-state index >= 15 is 8.78 Å². The number of hydrogen-bond acceptors (Lipinski definition) is 10. The number of likely N-dealkylation sites (tertiary alicyclic amines) is 1. The van der Waals surface area contributed by atoms with Crippen LogP contribution in [0, 0.1) is 34.8 Å². The summed E-state index contributed by atoms with van der Waals surface area (Å²) in [5, 5.41) is 17.1. The number of rotatable bonds is 11. The number of terminal acetylenes is 1. The van der Waals surface area contributed by atoms with Crippen LogP contribution in [0.25, 0.3) is 43.7 Å². The van der Waals surface area contributed by atoms with Gasteiger partial charge in [0.1, 0.15) is 35.0 Å². The number of aromatic hydroxyl groups is 1. The van der Waals surface area contributed by atoms with Gasteiger partial charge in [-0.2, -0.15) is 15.1 Å². The molecule has 1 saturated carbocycles. The van der Waals surface area contributed by atoms with Crippen molar-refractivity contribution in [3.05, 3.63) is 47.7 Å². The second-order valence-electron chi connectivity index (χ2n) is 16.6. The lowest BCUT2D eigenvalue weighted by Gasteiger charge is -2.48. The Balaban J connectivity index is 1.23. The molecule has 1 N–H and O–H groups in total. The lowest BCUT2D eigenvalue weighted by Crippen LogP contribution is -2.60. The topological polar surface area (TPSA) is 101 Å². The summed E-state index contributed by atoms with van der Waals surface area (Å²) in [7, 11) is 6.86. The van der Waals surface area contributed by atoms with E-state index in [0.717, 1.165) is 19.4 Å². The zero-order chi connectivity index (χ0) is 39.3. The SMILES string of the molecule is C#Cc1c(F)ccc2cc(O)cc(-c3c(F)c4nc(OC[C@]5(CN(C)C)CC5(F)F)nc(N5[C@@H]6CC[C@H]5CN(CC5(COC)COC5)C6)c4c4cn(C)nc34)c12. The first kappa shape index (κ1) is 36.9. The van der Waals surface area contributed by atoms with Gasteiger partial charge in [-0.25, -0.2) is 17.6 Å². The van der Waals surface area contributed by atoms with Crippen LogP contribution in [0.3, 0.4) is 0 Å². The summed E-state index contributed by atoms with van der Waals surface area (Å²) in [6, 6.07) is 5.21. The van der Waals surface area contributed by atoms with E-state index in [9.17, 15) is 13.9 Å². The van der Waals surface area contributed by atoms with E-state index < -0.39 is 23.0 Å². The number of phenols is 1. The molecular formula is C41H43F4N7O4. The van der Waals surface area contributed by atoms with Crippen molar-refractivity contribution in [3.8, 4) is 35.2 Å². The lowest BCUT2D eigenvalue weighted by molar-refractivity contribution is -0.155. The van der Waals surface area contributed by atoms with E-state index in [1.807, 2.05) is 0 Å². The Morgan fingerprint density at radius 2 is 1.79 bits per heavy atom. The Morgan fingerprint density at radius 3 is 2.41 bits per heavy atom. The van der Waals surface area contributed by atoms with Crippen LogP contribution >= 0.6 is 0 Å². The molecule has 3 saturated heterocycles. The number of alkyl halides is 2. The minimum atomic E-state index is -2.95. The molecule has 11 nitrogen and oxygen atoms in total. The third-order valence-corrected chi connectivity index (χ3v) is 12.0. The fourth-order valence-corrected chi connectivity index (χ4v) is 9.59. The molecule has 56 heavy (non-hydrogen) atoms.